The molecule has 0 N–H and O–H groups in total. The molecule has 0 fully saturated rings. The van der Waals surface area contributed by atoms with Gasteiger partial charge in [-0.05, 0) is 24.3 Å². The van der Waals surface area contributed by atoms with E-state index >= 15 is 0 Å². The second-order valence-electron chi connectivity index (χ2n) is 4.77. The Balaban J connectivity index is 2.08. The number of hydrogen-bond donors (Lipinski definition) is 0. The summed E-state index contributed by atoms with van der Waals surface area (Å²) in [5.74, 6) is -0.746. The first-order valence-electron chi connectivity index (χ1n) is 6.91. The van der Waals surface area contributed by atoms with Gasteiger partial charge in [0.1, 0.15) is 0 Å². The summed E-state index contributed by atoms with van der Waals surface area (Å²) in [6.45, 7) is 0. The van der Waals surface area contributed by atoms with Gasteiger partial charge in [-0.15, -0.1) is 0 Å². The van der Waals surface area contributed by atoms with Crippen molar-refractivity contribution in [1.29, 1.82) is 0 Å². The molecule has 1 aliphatic rings. The second kappa shape index (κ2) is 6.02. The molecule has 1 aliphatic heterocycles. The topological polar surface area (TPSA) is 68.2 Å². The van der Waals surface area contributed by atoms with Crippen LogP contribution in [0.15, 0.2) is 53.5 Å². The Morgan fingerprint density at radius 3 is 2.43 bits per heavy atom. The number of amidine groups is 1. The first-order valence-corrected chi connectivity index (χ1v) is 6.91. The van der Waals surface area contributed by atoms with Gasteiger partial charge in [0, 0.05) is 0 Å². The summed E-state index contributed by atoms with van der Waals surface area (Å²) in [7, 11) is 2.74. The molecule has 0 spiro atoms. The number of fused-ring (bicyclic) bond motifs is 1. The molecule has 6 heteroatoms. The van der Waals surface area contributed by atoms with Crippen LogP contribution in [-0.2, 0) is 9.57 Å². The summed E-state index contributed by atoms with van der Waals surface area (Å²) < 4.78 is 4.74. The average molecular weight is 310 g/mol. The maximum Gasteiger partial charge on any atom is 0.340 e. The van der Waals surface area contributed by atoms with Gasteiger partial charge in [0.05, 0.1) is 36.7 Å². The van der Waals surface area contributed by atoms with Gasteiger partial charge in [0.2, 0.25) is 11.6 Å². The highest BCUT2D eigenvalue weighted by atomic mass is 16.7. The first kappa shape index (κ1) is 14.9. The van der Waals surface area contributed by atoms with Gasteiger partial charge in [-0.25, -0.2) is 9.79 Å². The Bertz CT molecular complexity index is 799. The van der Waals surface area contributed by atoms with Crippen LogP contribution in [0.4, 0.5) is 11.4 Å². The number of ketones is 1. The van der Waals surface area contributed by atoms with E-state index in [1.807, 2.05) is 18.2 Å². The lowest BCUT2D eigenvalue weighted by molar-refractivity contribution is 0.0601. The monoisotopic (exact) mass is 310 g/mol. The van der Waals surface area contributed by atoms with Crippen LogP contribution in [0.25, 0.3) is 0 Å². The normalized spacial score (nSPS) is 12.6. The number of hydroxylamine groups is 1. The largest absolute Gasteiger partial charge is 0.465 e. The zero-order valence-corrected chi connectivity index (χ0v) is 12.6. The molecule has 0 aromatic heterocycles. The zero-order chi connectivity index (χ0) is 16.4. The fraction of sp³-hybridized carbons (Fsp3) is 0.118. The van der Waals surface area contributed by atoms with Crippen molar-refractivity contribution in [2.24, 2.45) is 4.99 Å². The minimum Gasteiger partial charge on any atom is -0.465 e. The minimum atomic E-state index is -0.539. The number of esters is 1. The van der Waals surface area contributed by atoms with Crippen LogP contribution in [0.1, 0.15) is 20.7 Å². The van der Waals surface area contributed by atoms with Gasteiger partial charge in [-0.1, -0.05) is 24.3 Å². The highest BCUT2D eigenvalue weighted by molar-refractivity contribution is 6.53. The molecule has 2 aromatic carbocycles. The lowest BCUT2D eigenvalue weighted by Crippen LogP contribution is -2.34. The van der Waals surface area contributed by atoms with E-state index in [1.54, 1.807) is 30.3 Å². The van der Waals surface area contributed by atoms with E-state index in [0.29, 0.717) is 16.9 Å². The number of carbonyl (C=O) groups is 2. The number of anilines is 1. The van der Waals surface area contributed by atoms with Crippen LogP contribution in [0.5, 0.6) is 0 Å². The molecule has 0 radical (unpaired) electrons. The molecule has 2 aromatic rings. The molecule has 6 nitrogen and oxygen atoms in total. The van der Waals surface area contributed by atoms with E-state index in [9.17, 15) is 9.59 Å². The molecule has 0 saturated carbocycles. The number of hydrogen-bond acceptors (Lipinski definition) is 6. The van der Waals surface area contributed by atoms with Crippen LogP contribution < -0.4 is 5.06 Å². The van der Waals surface area contributed by atoms with Gasteiger partial charge in [0.15, 0.2) is 0 Å². The molecule has 0 amide bonds. The number of carbonyl (C=O) groups excluding carboxylic acids is 2. The first-order chi connectivity index (χ1) is 11.2. The van der Waals surface area contributed by atoms with Crippen molar-refractivity contribution in [2.45, 2.75) is 0 Å². The maximum absolute atomic E-state index is 12.6. The molecular weight excluding hydrogens is 296 g/mol. The van der Waals surface area contributed by atoms with Crippen LogP contribution in [0.2, 0.25) is 0 Å². The Morgan fingerprint density at radius 2 is 1.78 bits per heavy atom. The van der Waals surface area contributed by atoms with Crippen molar-refractivity contribution in [1.82, 2.24) is 0 Å². The Morgan fingerprint density at radius 1 is 1.04 bits per heavy atom. The summed E-state index contributed by atoms with van der Waals surface area (Å²) in [4.78, 5) is 34.1. The standard InChI is InChI=1S/C17H14N2O4/c1-22-17(21)13-10-6-9-12-14(13)18-16(15(12)20)19(23-2)11-7-4-3-5-8-11/h3-10H,1-2H3. The fourth-order valence-electron chi connectivity index (χ4n) is 2.41. The molecular formula is C17H14N2O4. The molecule has 0 saturated heterocycles. The number of aliphatic imine (C=N–C) groups is 1. The molecule has 0 unspecified atom stereocenters. The summed E-state index contributed by atoms with van der Waals surface area (Å²) >= 11 is 0. The number of Topliss-reactive ketones (excluding diaryl/α,β-unsaturated/α-hetero) is 1. The van der Waals surface area contributed by atoms with Crippen molar-refractivity contribution < 1.29 is 19.2 Å². The van der Waals surface area contributed by atoms with Crippen molar-refractivity contribution in [3.63, 3.8) is 0 Å². The van der Waals surface area contributed by atoms with Crippen molar-refractivity contribution in [2.75, 3.05) is 19.3 Å². The van der Waals surface area contributed by atoms with E-state index < -0.39 is 5.97 Å². The van der Waals surface area contributed by atoms with Crippen LogP contribution >= 0.6 is 0 Å². The van der Waals surface area contributed by atoms with Crippen LogP contribution in [-0.4, -0.2) is 31.8 Å². The highest BCUT2D eigenvalue weighted by Crippen LogP contribution is 2.33. The second-order valence-corrected chi connectivity index (χ2v) is 4.77. The Hall–Kier alpha value is -2.99. The highest BCUT2D eigenvalue weighted by Gasteiger charge is 2.33. The number of ether oxygens (including phenoxy) is 1. The third-order valence-corrected chi connectivity index (χ3v) is 3.47. The molecule has 3 rings (SSSR count). The smallest absolute Gasteiger partial charge is 0.340 e. The maximum atomic E-state index is 12.6. The lowest BCUT2D eigenvalue weighted by Gasteiger charge is -2.20. The minimum absolute atomic E-state index is 0.102. The number of rotatable bonds is 3. The molecule has 116 valence electrons. The van der Waals surface area contributed by atoms with Gasteiger partial charge in [0.25, 0.3) is 0 Å². The lowest BCUT2D eigenvalue weighted by atomic mass is 10.1. The SMILES string of the molecule is COC(=O)c1cccc2c1N=C(N(OC)c1ccccc1)C2=O. The summed E-state index contributed by atoms with van der Waals surface area (Å²) in [5.41, 5.74) is 1.56. The van der Waals surface area contributed by atoms with Crippen LogP contribution in [0, 0.1) is 0 Å². The molecule has 0 atom stereocenters. The number of methoxy groups -OCH3 is 1. The van der Waals surface area contributed by atoms with E-state index in [0.717, 1.165) is 0 Å². The van der Waals surface area contributed by atoms with Gasteiger partial charge in [-0.2, -0.15) is 5.06 Å². The number of benzene rings is 2. The summed E-state index contributed by atoms with van der Waals surface area (Å²) in [6, 6.07) is 13.9. The quantitative estimate of drug-likeness (QED) is 0.644. The molecule has 0 bridgehead atoms. The molecule has 0 aliphatic carbocycles. The predicted molar refractivity (Wildman–Crippen MR) is 85.1 cm³/mol. The number of para-hydroxylation sites is 2. The molecule has 23 heavy (non-hydrogen) atoms. The fourth-order valence-corrected chi connectivity index (χ4v) is 2.41. The van der Waals surface area contributed by atoms with Gasteiger partial charge >= 0.3 is 5.97 Å². The van der Waals surface area contributed by atoms with E-state index in [1.165, 1.54) is 19.3 Å². The Kier molecular flexibility index (Phi) is 3.91. The predicted octanol–water partition coefficient (Wildman–Crippen LogP) is 2.77. The van der Waals surface area contributed by atoms with Crippen molar-refractivity contribution >= 4 is 29.0 Å². The van der Waals surface area contributed by atoms with E-state index in [2.05, 4.69) is 4.99 Å². The third-order valence-electron chi connectivity index (χ3n) is 3.47. The van der Waals surface area contributed by atoms with Crippen molar-refractivity contribution in [3.8, 4) is 0 Å². The Labute approximate surface area is 132 Å². The molecule has 1 heterocycles. The number of nitrogens with zero attached hydrogens (tertiary/aromatic N) is 2. The van der Waals surface area contributed by atoms with E-state index in [4.69, 9.17) is 9.57 Å². The van der Waals surface area contributed by atoms with Gasteiger partial charge < -0.3 is 4.74 Å². The summed E-state index contributed by atoms with van der Waals surface area (Å²) in [6.07, 6.45) is 0. The third kappa shape index (κ3) is 2.49. The van der Waals surface area contributed by atoms with Crippen molar-refractivity contribution in [3.05, 3.63) is 59.7 Å². The van der Waals surface area contributed by atoms with Gasteiger partial charge in [-0.3, -0.25) is 9.63 Å². The van der Waals surface area contributed by atoms with E-state index in [-0.39, 0.29) is 17.2 Å². The van der Waals surface area contributed by atoms with Crippen LogP contribution in [0.3, 0.4) is 0 Å². The average Bonchev–Trinajstić information content (AvgIpc) is 2.93. The summed E-state index contributed by atoms with van der Waals surface area (Å²) in [5, 5.41) is 1.34. The zero-order valence-electron chi connectivity index (χ0n) is 12.6.